The highest BCUT2D eigenvalue weighted by atomic mass is 19.1. The lowest BCUT2D eigenvalue weighted by atomic mass is 9.94. The predicted molar refractivity (Wildman–Crippen MR) is 121 cm³/mol. The summed E-state index contributed by atoms with van der Waals surface area (Å²) in [6.45, 7) is 5.26. The fourth-order valence-electron chi connectivity index (χ4n) is 3.96. The number of aryl methyl sites for hydroxylation is 1. The van der Waals surface area contributed by atoms with Gasteiger partial charge in [-0.2, -0.15) is 0 Å². The first-order valence-electron chi connectivity index (χ1n) is 10.7. The van der Waals surface area contributed by atoms with Crippen molar-refractivity contribution < 1.29 is 23.8 Å². The zero-order valence-electron chi connectivity index (χ0n) is 18.9. The second kappa shape index (κ2) is 9.96. The number of halogens is 1. The summed E-state index contributed by atoms with van der Waals surface area (Å²) in [5.74, 6) is -1.41. The van der Waals surface area contributed by atoms with Crippen LogP contribution in [0.25, 0.3) is 5.76 Å². The SMILES string of the molecule is CCOc1ccc(/C(O)=C2\C(=O)C(=O)N(CCCN(C)C)C2c2ccc(F)cc2)c(C)c1. The normalized spacial score (nSPS) is 17.9. The number of likely N-dealkylation sites (tertiary alicyclic amines) is 1. The Morgan fingerprint density at radius 2 is 1.84 bits per heavy atom. The van der Waals surface area contributed by atoms with E-state index >= 15 is 0 Å². The standard InChI is InChI=1S/C25H29FN2O4/c1-5-32-19-11-12-20(16(2)15-19)23(29)21-22(17-7-9-18(26)10-8-17)28(25(31)24(21)30)14-6-13-27(3)4/h7-12,15,22,29H,5-6,13-14H2,1-4H3/b23-21+. The Hall–Kier alpha value is -3.19. The molecule has 1 aliphatic rings. The maximum Gasteiger partial charge on any atom is 0.295 e. The Bertz CT molecular complexity index is 1030. The van der Waals surface area contributed by atoms with E-state index in [9.17, 15) is 19.1 Å². The lowest BCUT2D eigenvalue weighted by molar-refractivity contribution is -0.139. The molecule has 0 aliphatic carbocycles. The number of nitrogens with zero attached hydrogens (tertiary/aromatic N) is 2. The molecule has 1 heterocycles. The van der Waals surface area contributed by atoms with Crippen LogP contribution < -0.4 is 4.74 Å². The van der Waals surface area contributed by atoms with E-state index in [1.165, 1.54) is 17.0 Å². The van der Waals surface area contributed by atoms with Crippen molar-refractivity contribution in [3.05, 3.63) is 70.5 Å². The van der Waals surface area contributed by atoms with Crippen LogP contribution in [0.5, 0.6) is 5.75 Å². The van der Waals surface area contributed by atoms with Gasteiger partial charge in [-0.15, -0.1) is 0 Å². The highest BCUT2D eigenvalue weighted by molar-refractivity contribution is 6.46. The van der Waals surface area contributed by atoms with Crippen molar-refractivity contribution in [2.75, 3.05) is 33.8 Å². The highest BCUT2D eigenvalue weighted by Crippen LogP contribution is 2.40. The molecule has 0 bridgehead atoms. The van der Waals surface area contributed by atoms with Crippen molar-refractivity contribution in [1.29, 1.82) is 0 Å². The van der Waals surface area contributed by atoms with Crippen molar-refractivity contribution in [3.8, 4) is 5.75 Å². The Kier molecular flexibility index (Phi) is 7.30. The summed E-state index contributed by atoms with van der Waals surface area (Å²) in [4.78, 5) is 29.4. The molecule has 6 nitrogen and oxygen atoms in total. The maximum absolute atomic E-state index is 13.6. The molecule has 2 aromatic rings. The summed E-state index contributed by atoms with van der Waals surface area (Å²) in [6.07, 6.45) is 0.653. The van der Waals surface area contributed by atoms with E-state index in [2.05, 4.69) is 0 Å². The third-order valence-corrected chi connectivity index (χ3v) is 5.49. The molecule has 0 aromatic heterocycles. The van der Waals surface area contributed by atoms with E-state index in [1.807, 2.05) is 25.9 Å². The van der Waals surface area contributed by atoms with E-state index in [0.717, 1.165) is 6.54 Å². The van der Waals surface area contributed by atoms with Crippen LogP contribution in [0.2, 0.25) is 0 Å². The Morgan fingerprint density at radius 3 is 2.44 bits per heavy atom. The average molecular weight is 441 g/mol. The van der Waals surface area contributed by atoms with Crippen LogP contribution in [0, 0.1) is 12.7 Å². The largest absolute Gasteiger partial charge is 0.507 e. The van der Waals surface area contributed by atoms with Crippen LogP contribution in [0.1, 0.15) is 36.1 Å². The molecule has 1 N–H and O–H groups in total. The van der Waals surface area contributed by atoms with Crippen molar-refractivity contribution in [2.45, 2.75) is 26.3 Å². The summed E-state index contributed by atoms with van der Waals surface area (Å²) < 4.78 is 19.1. The molecule has 3 rings (SSSR count). The number of carbonyl (C=O) groups is 2. The number of carbonyl (C=O) groups excluding carboxylic acids is 2. The highest BCUT2D eigenvalue weighted by Gasteiger charge is 2.45. The van der Waals surface area contributed by atoms with Crippen molar-refractivity contribution in [3.63, 3.8) is 0 Å². The van der Waals surface area contributed by atoms with Crippen LogP contribution in [0.3, 0.4) is 0 Å². The van der Waals surface area contributed by atoms with Crippen LogP contribution in [0.15, 0.2) is 48.0 Å². The molecule has 1 unspecified atom stereocenters. The van der Waals surface area contributed by atoms with Gasteiger partial charge < -0.3 is 19.6 Å². The molecular weight excluding hydrogens is 411 g/mol. The quantitative estimate of drug-likeness (QED) is 0.383. The van der Waals surface area contributed by atoms with Crippen LogP contribution in [0.4, 0.5) is 4.39 Å². The summed E-state index contributed by atoms with van der Waals surface area (Å²) in [5, 5.41) is 11.2. The minimum atomic E-state index is -0.788. The van der Waals surface area contributed by atoms with Crippen LogP contribution >= 0.6 is 0 Å². The molecule has 0 radical (unpaired) electrons. The Labute approximate surface area is 187 Å². The monoisotopic (exact) mass is 440 g/mol. The Morgan fingerprint density at radius 1 is 1.16 bits per heavy atom. The number of hydrogen-bond donors (Lipinski definition) is 1. The summed E-state index contributed by atoms with van der Waals surface area (Å²) in [5.41, 5.74) is 1.75. The molecule has 2 aromatic carbocycles. The van der Waals surface area contributed by atoms with Gasteiger partial charge in [0.1, 0.15) is 17.3 Å². The van der Waals surface area contributed by atoms with Gasteiger partial charge in [0.25, 0.3) is 11.7 Å². The lowest BCUT2D eigenvalue weighted by Crippen LogP contribution is -2.32. The van der Waals surface area contributed by atoms with Gasteiger partial charge in [-0.05, 0) is 82.4 Å². The number of aliphatic hydroxyl groups is 1. The van der Waals surface area contributed by atoms with Gasteiger partial charge in [-0.25, -0.2) is 4.39 Å². The van der Waals surface area contributed by atoms with Gasteiger partial charge in [-0.1, -0.05) is 12.1 Å². The summed E-state index contributed by atoms with van der Waals surface area (Å²) >= 11 is 0. The number of rotatable bonds is 8. The topological polar surface area (TPSA) is 70.1 Å². The number of aliphatic hydroxyl groups excluding tert-OH is 1. The summed E-state index contributed by atoms with van der Waals surface area (Å²) in [7, 11) is 3.86. The maximum atomic E-state index is 13.6. The number of hydrogen-bond acceptors (Lipinski definition) is 5. The molecule has 1 aliphatic heterocycles. The number of Topliss-reactive ketones (excluding diaryl/α,β-unsaturated/α-hetero) is 1. The minimum Gasteiger partial charge on any atom is -0.507 e. The molecular formula is C25H29FN2O4. The van der Waals surface area contributed by atoms with Gasteiger partial charge in [0.15, 0.2) is 0 Å². The zero-order valence-corrected chi connectivity index (χ0v) is 18.9. The first-order chi connectivity index (χ1) is 15.2. The molecule has 1 fully saturated rings. The minimum absolute atomic E-state index is 0.0127. The van der Waals surface area contributed by atoms with E-state index in [-0.39, 0.29) is 11.3 Å². The van der Waals surface area contributed by atoms with Gasteiger partial charge in [-0.3, -0.25) is 9.59 Å². The molecule has 0 spiro atoms. The van der Waals surface area contributed by atoms with E-state index in [0.29, 0.717) is 42.0 Å². The lowest BCUT2D eigenvalue weighted by Gasteiger charge is -2.26. The first kappa shape index (κ1) is 23.5. The zero-order chi connectivity index (χ0) is 23.4. The fraction of sp³-hybridized carbons (Fsp3) is 0.360. The van der Waals surface area contributed by atoms with Crippen LogP contribution in [-0.2, 0) is 9.59 Å². The molecule has 0 saturated carbocycles. The predicted octanol–water partition coefficient (Wildman–Crippen LogP) is 3.91. The molecule has 7 heteroatoms. The smallest absolute Gasteiger partial charge is 0.295 e. The number of ketones is 1. The molecule has 1 atom stereocenters. The van der Waals surface area contributed by atoms with Gasteiger partial charge in [0.05, 0.1) is 18.2 Å². The molecule has 170 valence electrons. The number of amides is 1. The average Bonchev–Trinajstić information content (AvgIpc) is 2.99. The van der Waals surface area contributed by atoms with E-state index in [4.69, 9.17) is 4.74 Å². The fourth-order valence-corrected chi connectivity index (χ4v) is 3.96. The van der Waals surface area contributed by atoms with E-state index in [1.54, 1.807) is 37.3 Å². The second-order valence-electron chi connectivity index (χ2n) is 8.11. The van der Waals surface area contributed by atoms with Gasteiger partial charge in [0, 0.05) is 12.1 Å². The number of benzene rings is 2. The Balaban J connectivity index is 2.09. The van der Waals surface area contributed by atoms with Crippen molar-refractivity contribution in [2.24, 2.45) is 0 Å². The van der Waals surface area contributed by atoms with Gasteiger partial charge in [0.2, 0.25) is 0 Å². The molecule has 32 heavy (non-hydrogen) atoms. The second-order valence-corrected chi connectivity index (χ2v) is 8.11. The van der Waals surface area contributed by atoms with Gasteiger partial charge >= 0.3 is 0 Å². The number of ether oxygens (including phenoxy) is 1. The summed E-state index contributed by atoms with van der Waals surface area (Å²) in [6, 6.07) is 10.0. The van der Waals surface area contributed by atoms with E-state index < -0.39 is 23.5 Å². The van der Waals surface area contributed by atoms with Crippen LogP contribution in [-0.4, -0.2) is 60.4 Å². The third-order valence-electron chi connectivity index (χ3n) is 5.49. The third kappa shape index (κ3) is 4.83. The van der Waals surface area contributed by atoms with Crippen molar-refractivity contribution >= 4 is 17.4 Å². The first-order valence-corrected chi connectivity index (χ1v) is 10.7. The van der Waals surface area contributed by atoms with Crippen molar-refractivity contribution in [1.82, 2.24) is 9.80 Å². The molecule has 1 saturated heterocycles. The molecule has 1 amide bonds.